The summed E-state index contributed by atoms with van der Waals surface area (Å²) in [6.45, 7) is 6.64. The molecule has 0 aromatic heterocycles. The fourth-order valence-corrected chi connectivity index (χ4v) is 1.94. The third-order valence-electron chi connectivity index (χ3n) is 2.21. The second-order valence-corrected chi connectivity index (χ2v) is 5.05. The summed E-state index contributed by atoms with van der Waals surface area (Å²) in [6, 6.07) is -0.0794. The fourth-order valence-electron chi connectivity index (χ4n) is 1.27. The fraction of sp³-hybridized carbons (Fsp3) is 0.818. The smallest absolute Gasteiger partial charge is 0.317 e. The van der Waals surface area contributed by atoms with Crippen LogP contribution in [0.5, 0.6) is 0 Å². The van der Waals surface area contributed by atoms with Gasteiger partial charge in [0.05, 0.1) is 6.42 Å². The molecule has 0 saturated heterocycles. The van der Waals surface area contributed by atoms with Crippen LogP contribution in [0.1, 0.15) is 27.2 Å². The van der Waals surface area contributed by atoms with E-state index in [1.807, 2.05) is 13.8 Å². The first-order valence-corrected chi connectivity index (χ1v) is 7.01. The SMILES string of the molecule is CCSCC(C)NC(=O)N(CC)CCC(=O)O. The number of aliphatic carboxylic acids is 1. The molecule has 2 N–H and O–H groups in total. The Bertz CT molecular complexity index is 249. The highest BCUT2D eigenvalue weighted by molar-refractivity contribution is 7.99. The van der Waals surface area contributed by atoms with Crippen LogP contribution >= 0.6 is 11.8 Å². The number of amides is 2. The average molecular weight is 262 g/mol. The number of carbonyl (C=O) groups is 2. The highest BCUT2D eigenvalue weighted by Gasteiger charge is 2.14. The highest BCUT2D eigenvalue weighted by Crippen LogP contribution is 2.02. The molecular weight excluding hydrogens is 240 g/mol. The van der Waals surface area contributed by atoms with E-state index in [9.17, 15) is 9.59 Å². The minimum absolute atomic E-state index is 0.0145. The zero-order valence-electron chi connectivity index (χ0n) is 10.7. The predicted molar refractivity (Wildman–Crippen MR) is 70.5 cm³/mol. The Labute approximate surface area is 107 Å². The lowest BCUT2D eigenvalue weighted by atomic mass is 10.3. The van der Waals surface area contributed by atoms with Gasteiger partial charge in [-0.05, 0) is 19.6 Å². The first-order chi connectivity index (χ1) is 8.01. The number of urea groups is 1. The van der Waals surface area contributed by atoms with Gasteiger partial charge in [0.15, 0.2) is 0 Å². The summed E-state index contributed by atoms with van der Waals surface area (Å²) in [5, 5.41) is 11.4. The molecule has 1 unspecified atom stereocenters. The number of nitrogens with one attached hydrogen (secondary N) is 1. The van der Waals surface area contributed by atoms with E-state index in [-0.39, 0.29) is 25.0 Å². The number of hydrogen-bond donors (Lipinski definition) is 2. The molecule has 0 bridgehead atoms. The van der Waals surface area contributed by atoms with Crippen molar-refractivity contribution in [3.63, 3.8) is 0 Å². The first kappa shape index (κ1) is 16.1. The first-order valence-electron chi connectivity index (χ1n) is 5.86. The molecule has 0 aliphatic carbocycles. The third-order valence-corrected chi connectivity index (χ3v) is 3.35. The van der Waals surface area contributed by atoms with E-state index in [0.717, 1.165) is 11.5 Å². The average Bonchev–Trinajstić information content (AvgIpc) is 2.26. The van der Waals surface area contributed by atoms with Gasteiger partial charge in [0.25, 0.3) is 0 Å². The molecule has 0 saturated carbocycles. The van der Waals surface area contributed by atoms with Crippen molar-refractivity contribution in [2.75, 3.05) is 24.6 Å². The maximum Gasteiger partial charge on any atom is 0.317 e. The van der Waals surface area contributed by atoms with Crippen molar-refractivity contribution in [3.8, 4) is 0 Å². The van der Waals surface area contributed by atoms with Crippen molar-refractivity contribution in [1.82, 2.24) is 10.2 Å². The molecule has 100 valence electrons. The summed E-state index contributed by atoms with van der Waals surface area (Å²) in [7, 11) is 0. The number of carboxylic acids is 1. The van der Waals surface area contributed by atoms with E-state index < -0.39 is 5.97 Å². The molecule has 0 heterocycles. The molecule has 17 heavy (non-hydrogen) atoms. The van der Waals surface area contributed by atoms with E-state index >= 15 is 0 Å². The minimum atomic E-state index is -0.883. The van der Waals surface area contributed by atoms with Crippen LogP contribution in [0.2, 0.25) is 0 Å². The Morgan fingerprint density at radius 3 is 2.53 bits per heavy atom. The molecule has 6 heteroatoms. The van der Waals surface area contributed by atoms with Crippen LogP contribution in [0.25, 0.3) is 0 Å². The van der Waals surface area contributed by atoms with Gasteiger partial charge in [-0.15, -0.1) is 0 Å². The molecule has 0 spiro atoms. The van der Waals surface area contributed by atoms with Gasteiger partial charge < -0.3 is 15.3 Å². The highest BCUT2D eigenvalue weighted by atomic mass is 32.2. The second-order valence-electron chi connectivity index (χ2n) is 3.73. The van der Waals surface area contributed by atoms with E-state index in [1.165, 1.54) is 4.90 Å². The van der Waals surface area contributed by atoms with Crippen molar-refractivity contribution < 1.29 is 14.7 Å². The summed E-state index contributed by atoms with van der Waals surface area (Å²) < 4.78 is 0. The van der Waals surface area contributed by atoms with E-state index in [1.54, 1.807) is 11.8 Å². The zero-order chi connectivity index (χ0) is 13.3. The number of nitrogens with zero attached hydrogens (tertiary/aromatic N) is 1. The Kier molecular flexibility index (Phi) is 8.66. The molecule has 0 rings (SSSR count). The normalized spacial score (nSPS) is 11.9. The van der Waals surface area contributed by atoms with E-state index in [0.29, 0.717) is 6.54 Å². The lowest BCUT2D eigenvalue weighted by Gasteiger charge is -2.23. The van der Waals surface area contributed by atoms with Crippen molar-refractivity contribution in [2.24, 2.45) is 0 Å². The van der Waals surface area contributed by atoms with Gasteiger partial charge in [-0.3, -0.25) is 4.79 Å². The summed E-state index contributed by atoms with van der Waals surface area (Å²) in [6.07, 6.45) is -0.0145. The van der Waals surface area contributed by atoms with Gasteiger partial charge in [-0.25, -0.2) is 4.79 Å². The van der Waals surface area contributed by atoms with Crippen LogP contribution in [0, 0.1) is 0 Å². The maximum atomic E-state index is 11.8. The van der Waals surface area contributed by atoms with Crippen LogP contribution < -0.4 is 5.32 Å². The van der Waals surface area contributed by atoms with Crippen molar-refractivity contribution in [1.29, 1.82) is 0 Å². The molecule has 0 aliphatic heterocycles. The molecular formula is C11H22N2O3S. The van der Waals surface area contributed by atoms with Crippen molar-refractivity contribution >= 4 is 23.8 Å². The van der Waals surface area contributed by atoms with Crippen molar-refractivity contribution in [2.45, 2.75) is 33.2 Å². The lowest BCUT2D eigenvalue weighted by molar-refractivity contribution is -0.137. The Balaban J connectivity index is 4.02. The quantitative estimate of drug-likeness (QED) is 0.697. The van der Waals surface area contributed by atoms with Gasteiger partial charge in [0.1, 0.15) is 0 Å². The number of carboxylic acid groups (broad SMARTS) is 1. The van der Waals surface area contributed by atoms with Gasteiger partial charge in [-0.1, -0.05) is 6.92 Å². The molecule has 0 aromatic rings. The van der Waals surface area contributed by atoms with E-state index in [2.05, 4.69) is 12.2 Å². The van der Waals surface area contributed by atoms with Gasteiger partial charge in [0.2, 0.25) is 0 Å². The largest absolute Gasteiger partial charge is 0.481 e. The number of hydrogen-bond acceptors (Lipinski definition) is 3. The molecule has 0 aliphatic rings. The standard InChI is InChI=1S/C11H22N2O3S/c1-4-13(7-6-10(14)15)11(16)12-9(3)8-17-5-2/h9H,4-8H2,1-3H3,(H,12,16)(H,14,15). The third kappa shape index (κ3) is 7.90. The van der Waals surface area contributed by atoms with Gasteiger partial charge in [-0.2, -0.15) is 11.8 Å². The van der Waals surface area contributed by atoms with Gasteiger partial charge in [0, 0.05) is 24.9 Å². The summed E-state index contributed by atoms with van der Waals surface area (Å²) in [4.78, 5) is 23.7. The molecule has 5 nitrogen and oxygen atoms in total. The van der Waals surface area contributed by atoms with Crippen LogP contribution in [-0.4, -0.2) is 52.6 Å². The van der Waals surface area contributed by atoms with Crippen LogP contribution in [0.15, 0.2) is 0 Å². The summed E-state index contributed by atoms with van der Waals surface area (Å²) >= 11 is 1.77. The van der Waals surface area contributed by atoms with Crippen LogP contribution in [0.3, 0.4) is 0 Å². The number of rotatable bonds is 8. The zero-order valence-corrected chi connectivity index (χ0v) is 11.5. The van der Waals surface area contributed by atoms with E-state index in [4.69, 9.17) is 5.11 Å². The second kappa shape index (κ2) is 9.15. The number of thioether (sulfide) groups is 1. The Hall–Kier alpha value is -0.910. The van der Waals surface area contributed by atoms with Crippen molar-refractivity contribution in [3.05, 3.63) is 0 Å². The molecule has 0 fully saturated rings. The maximum absolute atomic E-state index is 11.8. The summed E-state index contributed by atoms with van der Waals surface area (Å²) in [5.41, 5.74) is 0. The molecule has 0 aromatic carbocycles. The lowest BCUT2D eigenvalue weighted by Crippen LogP contribution is -2.45. The van der Waals surface area contributed by atoms with Crippen LogP contribution in [0.4, 0.5) is 4.79 Å². The topological polar surface area (TPSA) is 69.6 Å². The number of carbonyl (C=O) groups excluding carboxylic acids is 1. The van der Waals surface area contributed by atoms with Gasteiger partial charge >= 0.3 is 12.0 Å². The van der Waals surface area contributed by atoms with Crippen LogP contribution in [-0.2, 0) is 4.79 Å². The molecule has 1 atom stereocenters. The summed E-state index contributed by atoms with van der Waals surface area (Å²) in [5.74, 6) is 1.01. The predicted octanol–water partition coefficient (Wildman–Crippen LogP) is 1.63. The monoisotopic (exact) mass is 262 g/mol. The molecule has 2 amide bonds. The Morgan fingerprint density at radius 1 is 1.41 bits per heavy atom. The molecule has 0 radical (unpaired) electrons. The Morgan fingerprint density at radius 2 is 2.06 bits per heavy atom. The minimum Gasteiger partial charge on any atom is -0.481 e.